The SMILES string of the molecule is COc1ccc2c(c[n+](C)c3ccc(CO)cc23)c1OC.[Cl-]. The molecule has 3 aromatic rings. The van der Waals surface area contributed by atoms with Crippen LogP contribution in [0.5, 0.6) is 11.5 Å². The molecule has 1 N–H and O–H groups in total. The number of aromatic nitrogens is 1. The fraction of sp³-hybridized carbons (Fsp3) is 0.235. The minimum absolute atomic E-state index is 0. The number of hydrogen-bond donors (Lipinski definition) is 1. The maximum Gasteiger partial charge on any atom is 0.212 e. The number of rotatable bonds is 3. The first-order valence-corrected chi connectivity index (χ1v) is 6.76. The van der Waals surface area contributed by atoms with E-state index in [1.165, 1.54) is 0 Å². The Balaban J connectivity index is 0.00000176. The van der Waals surface area contributed by atoms with Crippen molar-refractivity contribution < 1.29 is 31.6 Å². The first kappa shape index (κ1) is 16.3. The van der Waals surface area contributed by atoms with Gasteiger partial charge < -0.3 is 27.0 Å². The van der Waals surface area contributed by atoms with Gasteiger partial charge in [-0.1, -0.05) is 6.07 Å². The van der Waals surface area contributed by atoms with E-state index in [4.69, 9.17) is 9.47 Å². The highest BCUT2D eigenvalue weighted by atomic mass is 35.5. The Morgan fingerprint density at radius 3 is 2.41 bits per heavy atom. The van der Waals surface area contributed by atoms with Crippen LogP contribution in [-0.4, -0.2) is 19.3 Å². The molecule has 0 aliphatic carbocycles. The van der Waals surface area contributed by atoms with Crippen molar-refractivity contribution >= 4 is 21.7 Å². The molecular weight excluding hydrogens is 302 g/mol. The second-order valence-electron chi connectivity index (χ2n) is 5.01. The first-order chi connectivity index (χ1) is 10.2. The van der Waals surface area contributed by atoms with Gasteiger partial charge in [-0.15, -0.1) is 0 Å². The number of ether oxygens (including phenoxy) is 2. The molecule has 3 rings (SSSR count). The lowest BCUT2D eigenvalue weighted by Crippen LogP contribution is -3.00. The van der Waals surface area contributed by atoms with Crippen LogP contribution in [0.2, 0.25) is 0 Å². The Bertz CT molecular complexity index is 833. The van der Waals surface area contributed by atoms with E-state index in [0.717, 1.165) is 33.0 Å². The van der Waals surface area contributed by atoms with Crippen LogP contribution in [0.15, 0.2) is 36.5 Å². The Labute approximate surface area is 135 Å². The molecule has 0 saturated carbocycles. The molecule has 1 aromatic heterocycles. The van der Waals surface area contributed by atoms with Crippen molar-refractivity contribution in [2.75, 3.05) is 14.2 Å². The summed E-state index contributed by atoms with van der Waals surface area (Å²) in [5, 5.41) is 12.5. The highest BCUT2D eigenvalue weighted by Crippen LogP contribution is 2.37. The van der Waals surface area contributed by atoms with Crippen LogP contribution in [0.4, 0.5) is 0 Å². The van der Waals surface area contributed by atoms with E-state index in [1.807, 2.05) is 43.6 Å². The second kappa shape index (κ2) is 6.38. The number of benzene rings is 2. The van der Waals surface area contributed by atoms with Crippen LogP contribution in [0, 0.1) is 0 Å². The number of fused-ring (bicyclic) bond motifs is 3. The number of methoxy groups -OCH3 is 2. The van der Waals surface area contributed by atoms with E-state index in [-0.39, 0.29) is 19.0 Å². The van der Waals surface area contributed by atoms with Crippen LogP contribution in [-0.2, 0) is 13.7 Å². The number of hydrogen-bond acceptors (Lipinski definition) is 3. The summed E-state index contributed by atoms with van der Waals surface area (Å²) >= 11 is 0. The predicted molar refractivity (Wildman–Crippen MR) is 81.7 cm³/mol. The first-order valence-electron chi connectivity index (χ1n) is 6.76. The zero-order chi connectivity index (χ0) is 15.0. The molecule has 2 aromatic carbocycles. The summed E-state index contributed by atoms with van der Waals surface area (Å²) in [5.41, 5.74) is 2.00. The third-order valence-corrected chi connectivity index (χ3v) is 3.82. The molecule has 5 heteroatoms. The maximum absolute atomic E-state index is 9.37. The highest BCUT2D eigenvalue weighted by Gasteiger charge is 2.17. The normalized spacial score (nSPS) is 10.5. The summed E-state index contributed by atoms with van der Waals surface area (Å²) in [6.45, 7) is 0.0311. The monoisotopic (exact) mass is 319 g/mol. The topological polar surface area (TPSA) is 42.6 Å². The standard InChI is InChI=1S/C17H18NO3.ClH/c1-18-9-14-12(5-7-16(20-2)17(14)21-3)13-8-11(10-19)4-6-15(13)18;/h4-9,19H,10H2,1-3H3;1H/q+1;/p-1. The molecule has 116 valence electrons. The average molecular weight is 320 g/mol. The number of pyridine rings is 1. The molecule has 0 amide bonds. The summed E-state index contributed by atoms with van der Waals surface area (Å²) in [6, 6.07) is 9.92. The molecule has 1 heterocycles. The molecule has 0 aliphatic rings. The Kier molecular flexibility index (Phi) is 4.74. The van der Waals surface area contributed by atoms with Crippen LogP contribution in [0.1, 0.15) is 5.56 Å². The summed E-state index contributed by atoms with van der Waals surface area (Å²) in [5.74, 6) is 1.43. The smallest absolute Gasteiger partial charge is 0.212 e. The van der Waals surface area contributed by atoms with Crippen LogP contribution in [0.3, 0.4) is 0 Å². The van der Waals surface area contributed by atoms with Crippen molar-refractivity contribution in [2.24, 2.45) is 7.05 Å². The molecular formula is C17H18ClNO3. The van der Waals surface area contributed by atoms with Crippen LogP contribution < -0.4 is 26.4 Å². The largest absolute Gasteiger partial charge is 1.00 e. The van der Waals surface area contributed by atoms with Crippen molar-refractivity contribution in [3.63, 3.8) is 0 Å². The number of aliphatic hydroxyl groups is 1. The average Bonchev–Trinajstić information content (AvgIpc) is 2.53. The predicted octanol–water partition coefficient (Wildman–Crippen LogP) is -0.669. The van der Waals surface area contributed by atoms with Crippen molar-refractivity contribution in [1.29, 1.82) is 0 Å². The van der Waals surface area contributed by atoms with Crippen LogP contribution in [0.25, 0.3) is 21.7 Å². The van der Waals surface area contributed by atoms with Gasteiger partial charge >= 0.3 is 0 Å². The fourth-order valence-electron chi connectivity index (χ4n) is 2.78. The van der Waals surface area contributed by atoms with Crippen molar-refractivity contribution in [3.8, 4) is 11.5 Å². The van der Waals surface area contributed by atoms with Gasteiger partial charge in [-0.2, -0.15) is 0 Å². The van der Waals surface area contributed by atoms with Gasteiger partial charge in [0.2, 0.25) is 5.52 Å². The van der Waals surface area contributed by atoms with Gasteiger partial charge in [-0.3, -0.25) is 0 Å². The van der Waals surface area contributed by atoms with Gasteiger partial charge in [-0.25, -0.2) is 4.57 Å². The molecule has 0 spiro atoms. The molecule has 4 nitrogen and oxygen atoms in total. The number of halogens is 1. The molecule has 0 aliphatic heterocycles. The molecule has 0 atom stereocenters. The van der Waals surface area contributed by atoms with E-state index in [9.17, 15) is 5.11 Å². The van der Waals surface area contributed by atoms with Gasteiger partial charge in [0, 0.05) is 11.5 Å². The van der Waals surface area contributed by atoms with Crippen molar-refractivity contribution in [3.05, 3.63) is 42.1 Å². The summed E-state index contributed by atoms with van der Waals surface area (Å²) in [7, 11) is 5.28. The van der Waals surface area contributed by atoms with Crippen LogP contribution >= 0.6 is 0 Å². The lowest BCUT2D eigenvalue weighted by molar-refractivity contribution is -0.643. The molecule has 0 radical (unpaired) electrons. The third kappa shape index (κ3) is 2.45. The number of nitrogens with zero attached hydrogens (tertiary/aromatic N) is 1. The highest BCUT2D eigenvalue weighted by molar-refractivity contribution is 6.07. The van der Waals surface area contributed by atoms with Gasteiger partial charge in [0.15, 0.2) is 17.7 Å². The molecule has 0 unspecified atom stereocenters. The third-order valence-electron chi connectivity index (χ3n) is 3.82. The van der Waals surface area contributed by atoms with Gasteiger partial charge in [0.05, 0.1) is 31.6 Å². The second-order valence-corrected chi connectivity index (χ2v) is 5.01. The molecule has 0 bridgehead atoms. The minimum Gasteiger partial charge on any atom is -1.00 e. The molecule has 0 fully saturated rings. The Morgan fingerprint density at radius 2 is 1.77 bits per heavy atom. The van der Waals surface area contributed by atoms with Gasteiger partial charge in [-0.05, 0) is 23.8 Å². The quantitative estimate of drug-likeness (QED) is 0.514. The summed E-state index contributed by atoms with van der Waals surface area (Å²) in [6.07, 6.45) is 2.04. The molecule has 0 saturated heterocycles. The van der Waals surface area contributed by atoms with E-state index in [1.54, 1.807) is 14.2 Å². The van der Waals surface area contributed by atoms with E-state index >= 15 is 0 Å². The van der Waals surface area contributed by atoms with E-state index < -0.39 is 0 Å². The van der Waals surface area contributed by atoms with Crippen molar-refractivity contribution in [1.82, 2.24) is 0 Å². The lowest BCUT2D eigenvalue weighted by atomic mass is 10.0. The van der Waals surface area contributed by atoms with Crippen molar-refractivity contribution in [2.45, 2.75) is 6.61 Å². The lowest BCUT2D eigenvalue weighted by Gasteiger charge is -2.11. The van der Waals surface area contributed by atoms with E-state index in [2.05, 4.69) is 4.57 Å². The Morgan fingerprint density at radius 1 is 1.00 bits per heavy atom. The molecule has 22 heavy (non-hydrogen) atoms. The zero-order valence-electron chi connectivity index (χ0n) is 12.8. The minimum atomic E-state index is 0. The number of aryl methyl sites for hydroxylation is 1. The summed E-state index contributed by atoms with van der Waals surface area (Å²) < 4.78 is 12.9. The Hall–Kier alpha value is -2.04. The maximum atomic E-state index is 9.37. The van der Waals surface area contributed by atoms with Gasteiger partial charge in [0.1, 0.15) is 7.05 Å². The summed E-state index contributed by atoms with van der Waals surface area (Å²) in [4.78, 5) is 0. The fourth-order valence-corrected chi connectivity index (χ4v) is 2.78. The zero-order valence-corrected chi connectivity index (χ0v) is 13.5. The number of aliphatic hydroxyl groups excluding tert-OH is 1. The van der Waals surface area contributed by atoms with E-state index in [0.29, 0.717) is 5.75 Å². The van der Waals surface area contributed by atoms with Gasteiger partial charge in [0.25, 0.3) is 0 Å².